The minimum Gasteiger partial charge on any atom is -0.369 e. The van der Waals surface area contributed by atoms with Crippen molar-refractivity contribution >= 4 is 11.6 Å². The quantitative estimate of drug-likeness (QED) is 0.903. The molecule has 0 radical (unpaired) electrons. The number of benzene rings is 1. The molecule has 1 aliphatic rings. The molecule has 1 amide bonds. The van der Waals surface area contributed by atoms with Gasteiger partial charge in [-0.05, 0) is 56.0 Å². The number of carbonyl (C=O) groups excluding carboxylic acids is 1. The van der Waals surface area contributed by atoms with Gasteiger partial charge in [0.1, 0.15) is 5.82 Å². The van der Waals surface area contributed by atoms with Crippen LogP contribution in [0.1, 0.15) is 41.4 Å². The minimum absolute atomic E-state index is 0.0178. The average Bonchev–Trinajstić information content (AvgIpc) is 3.04. The van der Waals surface area contributed by atoms with Gasteiger partial charge in [0.2, 0.25) is 0 Å². The molecule has 2 N–H and O–H groups in total. The summed E-state index contributed by atoms with van der Waals surface area (Å²) in [7, 11) is 0. The fourth-order valence-corrected chi connectivity index (χ4v) is 3.46. The van der Waals surface area contributed by atoms with Crippen LogP contribution in [0.25, 0.3) is 0 Å². The van der Waals surface area contributed by atoms with Crippen molar-refractivity contribution in [3.05, 3.63) is 53.1 Å². The number of carbonyl (C=O) groups is 1. The van der Waals surface area contributed by atoms with Crippen LogP contribution < -0.4 is 10.2 Å². The van der Waals surface area contributed by atoms with E-state index in [0.717, 1.165) is 54.9 Å². The number of amides is 1. The summed E-state index contributed by atoms with van der Waals surface area (Å²) in [6.45, 7) is 5.64. The van der Waals surface area contributed by atoms with Crippen molar-refractivity contribution in [3.8, 4) is 0 Å². The van der Waals surface area contributed by atoms with Crippen molar-refractivity contribution in [1.29, 1.82) is 0 Å². The molecule has 1 aliphatic heterocycles. The second-order valence-electron chi connectivity index (χ2n) is 6.41. The Bertz CT molecular complexity index is 725. The van der Waals surface area contributed by atoms with E-state index in [4.69, 9.17) is 0 Å². The molecule has 0 saturated carbocycles. The maximum atomic E-state index is 13.3. The van der Waals surface area contributed by atoms with Crippen LogP contribution in [0.2, 0.25) is 0 Å². The lowest BCUT2D eigenvalue weighted by Crippen LogP contribution is -2.48. The predicted molar refractivity (Wildman–Crippen MR) is 94.0 cm³/mol. The fraction of sp³-hybridized carbons (Fsp3) is 0.421. The number of piperidine rings is 1. The normalized spacial score (nSPS) is 17.8. The van der Waals surface area contributed by atoms with Crippen LogP contribution in [0.15, 0.2) is 30.5 Å². The topological polar surface area (TPSA) is 48.1 Å². The molecule has 1 saturated heterocycles. The number of nitrogens with one attached hydrogen (secondary N) is 2. The lowest BCUT2D eigenvalue weighted by atomic mass is 10.0. The van der Waals surface area contributed by atoms with E-state index in [-0.39, 0.29) is 17.8 Å². The number of aryl methyl sites for hydroxylation is 2. The molecule has 4 nitrogen and oxygen atoms in total. The molecule has 1 fully saturated rings. The number of H-pyrrole nitrogens is 1. The zero-order valence-electron chi connectivity index (χ0n) is 14.2. The summed E-state index contributed by atoms with van der Waals surface area (Å²) >= 11 is 0. The summed E-state index contributed by atoms with van der Waals surface area (Å²) in [5.41, 5.74) is 3.68. The van der Waals surface area contributed by atoms with Crippen molar-refractivity contribution in [2.24, 2.45) is 0 Å². The number of hydrogen-bond acceptors (Lipinski definition) is 2. The van der Waals surface area contributed by atoms with Crippen LogP contribution in [-0.4, -0.2) is 30.0 Å². The second-order valence-corrected chi connectivity index (χ2v) is 6.41. The van der Waals surface area contributed by atoms with Crippen LogP contribution >= 0.6 is 0 Å². The first-order chi connectivity index (χ1) is 11.6. The van der Waals surface area contributed by atoms with E-state index in [1.807, 2.05) is 32.2 Å². The molecule has 1 atom stereocenters. The van der Waals surface area contributed by atoms with Gasteiger partial charge in [0.25, 0.3) is 5.91 Å². The molecule has 1 aromatic carbocycles. The van der Waals surface area contributed by atoms with E-state index in [1.54, 1.807) is 6.07 Å². The summed E-state index contributed by atoms with van der Waals surface area (Å²) in [4.78, 5) is 17.9. The molecule has 0 aliphatic carbocycles. The molecule has 5 heteroatoms. The molecule has 0 bridgehead atoms. The number of aromatic nitrogens is 1. The van der Waals surface area contributed by atoms with Gasteiger partial charge in [0.15, 0.2) is 0 Å². The molecular formula is C19H24FN3O. The van der Waals surface area contributed by atoms with Crippen molar-refractivity contribution in [3.63, 3.8) is 0 Å². The molecule has 2 aromatic rings. The highest BCUT2D eigenvalue weighted by atomic mass is 19.1. The highest BCUT2D eigenvalue weighted by molar-refractivity contribution is 5.95. The zero-order chi connectivity index (χ0) is 17.1. The predicted octanol–water partition coefficient (Wildman–Crippen LogP) is 3.42. The highest BCUT2D eigenvalue weighted by Gasteiger charge is 2.24. The van der Waals surface area contributed by atoms with Gasteiger partial charge in [-0.1, -0.05) is 6.92 Å². The SMILES string of the molecule is CCc1[nH]ccc1C(=O)NC1CCCN(c2ccc(F)cc2C)C1. The number of anilines is 1. The number of halogens is 1. The van der Waals surface area contributed by atoms with Gasteiger partial charge in [-0.2, -0.15) is 0 Å². The lowest BCUT2D eigenvalue weighted by molar-refractivity contribution is 0.0932. The average molecular weight is 329 g/mol. The number of rotatable bonds is 4. The smallest absolute Gasteiger partial charge is 0.253 e. The molecule has 24 heavy (non-hydrogen) atoms. The standard InChI is InChI=1S/C19H24FN3O/c1-3-17-16(8-9-21-17)19(24)22-15-5-4-10-23(12-15)18-7-6-14(20)11-13(18)2/h6-9,11,15,21H,3-5,10,12H2,1-2H3,(H,22,24). The maximum absolute atomic E-state index is 13.3. The zero-order valence-corrected chi connectivity index (χ0v) is 14.2. The van der Waals surface area contributed by atoms with Crippen LogP contribution in [0.4, 0.5) is 10.1 Å². The number of nitrogens with zero attached hydrogens (tertiary/aromatic N) is 1. The number of aromatic amines is 1. The number of hydrogen-bond donors (Lipinski definition) is 2. The van der Waals surface area contributed by atoms with E-state index >= 15 is 0 Å². The van der Waals surface area contributed by atoms with E-state index < -0.39 is 0 Å². The van der Waals surface area contributed by atoms with Crippen LogP contribution in [0.5, 0.6) is 0 Å². The third-order valence-electron chi connectivity index (χ3n) is 4.69. The fourth-order valence-electron chi connectivity index (χ4n) is 3.46. The van der Waals surface area contributed by atoms with Crippen LogP contribution in [-0.2, 0) is 6.42 Å². The van der Waals surface area contributed by atoms with Gasteiger partial charge in [-0.25, -0.2) is 4.39 Å². The molecule has 3 rings (SSSR count). The second kappa shape index (κ2) is 7.07. The summed E-state index contributed by atoms with van der Waals surface area (Å²) in [5.74, 6) is -0.228. The first-order valence-electron chi connectivity index (χ1n) is 8.56. The Morgan fingerprint density at radius 3 is 3.00 bits per heavy atom. The van der Waals surface area contributed by atoms with Gasteiger partial charge < -0.3 is 15.2 Å². The van der Waals surface area contributed by atoms with E-state index in [2.05, 4.69) is 15.2 Å². The largest absolute Gasteiger partial charge is 0.369 e. The Morgan fingerprint density at radius 2 is 2.25 bits per heavy atom. The molecule has 1 aromatic heterocycles. The maximum Gasteiger partial charge on any atom is 0.253 e. The summed E-state index contributed by atoms with van der Waals surface area (Å²) < 4.78 is 13.3. The van der Waals surface area contributed by atoms with Gasteiger partial charge in [0.05, 0.1) is 5.56 Å². The summed E-state index contributed by atoms with van der Waals surface area (Å²) in [6, 6.07) is 6.83. The Hall–Kier alpha value is -2.30. The summed E-state index contributed by atoms with van der Waals surface area (Å²) in [6.07, 6.45) is 4.59. The minimum atomic E-state index is -0.210. The highest BCUT2D eigenvalue weighted by Crippen LogP contribution is 2.24. The first-order valence-corrected chi connectivity index (χ1v) is 8.56. The molecular weight excluding hydrogens is 305 g/mol. The van der Waals surface area contributed by atoms with Crippen LogP contribution in [0.3, 0.4) is 0 Å². The van der Waals surface area contributed by atoms with E-state index in [1.165, 1.54) is 6.07 Å². The third-order valence-corrected chi connectivity index (χ3v) is 4.69. The van der Waals surface area contributed by atoms with E-state index in [0.29, 0.717) is 0 Å². The third kappa shape index (κ3) is 3.45. The Morgan fingerprint density at radius 1 is 1.42 bits per heavy atom. The Kier molecular flexibility index (Phi) is 4.88. The Labute approximate surface area is 142 Å². The van der Waals surface area contributed by atoms with E-state index in [9.17, 15) is 9.18 Å². The lowest BCUT2D eigenvalue weighted by Gasteiger charge is -2.35. The van der Waals surface area contributed by atoms with Gasteiger partial charge >= 0.3 is 0 Å². The van der Waals surface area contributed by atoms with Crippen molar-refractivity contribution in [2.45, 2.75) is 39.2 Å². The van der Waals surface area contributed by atoms with Crippen molar-refractivity contribution < 1.29 is 9.18 Å². The Balaban J connectivity index is 1.68. The monoisotopic (exact) mass is 329 g/mol. The van der Waals surface area contributed by atoms with Gasteiger partial charge in [0, 0.05) is 36.7 Å². The van der Waals surface area contributed by atoms with Crippen LogP contribution in [0, 0.1) is 12.7 Å². The van der Waals surface area contributed by atoms with Crippen molar-refractivity contribution in [2.75, 3.05) is 18.0 Å². The molecule has 128 valence electrons. The van der Waals surface area contributed by atoms with Gasteiger partial charge in [-0.3, -0.25) is 4.79 Å². The molecule has 2 heterocycles. The van der Waals surface area contributed by atoms with Gasteiger partial charge in [-0.15, -0.1) is 0 Å². The molecule has 1 unspecified atom stereocenters. The first kappa shape index (κ1) is 16.6. The molecule has 0 spiro atoms. The van der Waals surface area contributed by atoms with Crippen molar-refractivity contribution in [1.82, 2.24) is 10.3 Å². The summed E-state index contributed by atoms with van der Waals surface area (Å²) in [5, 5.41) is 3.15.